The molecule has 0 unspecified atom stereocenters. The number of nitriles is 1. The van der Waals surface area contributed by atoms with Crippen molar-refractivity contribution in [1.82, 2.24) is 25.2 Å². The minimum absolute atomic E-state index is 0.508. The summed E-state index contributed by atoms with van der Waals surface area (Å²) in [4.78, 5) is 4.39. The SMILES string of the molecule is Cc1ccc(C#N)c(Sc2nnnn2-c2ccccc2)n1. The number of aromatic nitrogens is 5. The molecule has 6 nitrogen and oxygen atoms in total. The number of benzene rings is 1. The summed E-state index contributed by atoms with van der Waals surface area (Å²) in [6, 6.07) is 15.3. The van der Waals surface area contributed by atoms with Crippen LogP contribution in [-0.4, -0.2) is 25.2 Å². The van der Waals surface area contributed by atoms with Gasteiger partial charge in [0.25, 0.3) is 0 Å². The van der Waals surface area contributed by atoms with Gasteiger partial charge >= 0.3 is 0 Å². The second-order valence-corrected chi connectivity index (χ2v) is 5.18. The Bertz CT molecular complexity index is 806. The lowest BCUT2D eigenvalue weighted by Gasteiger charge is -2.05. The Morgan fingerprint density at radius 2 is 1.95 bits per heavy atom. The first kappa shape index (κ1) is 13.3. The molecule has 3 aromatic rings. The van der Waals surface area contributed by atoms with Crippen LogP contribution < -0.4 is 0 Å². The van der Waals surface area contributed by atoms with Gasteiger partial charge < -0.3 is 0 Å². The Morgan fingerprint density at radius 1 is 1.14 bits per heavy atom. The highest BCUT2D eigenvalue weighted by molar-refractivity contribution is 7.99. The molecule has 0 amide bonds. The van der Waals surface area contributed by atoms with Crippen molar-refractivity contribution in [3.63, 3.8) is 0 Å². The number of hydrogen-bond donors (Lipinski definition) is 0. The molecular weight excluding hydrogens is 284 g/mol. The third-order valence-corrected chi connectivity index (χ3v) is 3.69. The van der Waals surface area contributed by atoms with E-state index in [4.69, 9.17) is 5.26 Å². The van der Waals surface area contributed by atoms with Gasteiger partial charge in [-0.3, -0.25) is 0 Å². The Balaban J connectivity index is 2.00. The van der Waals surface area contributed by atoms with Gasteiger partial charge in [0.2, 0.25) is 5.16 Å². The highest BCUT2D eigenvalue weighted by Crippen LogP contribution is 2.28. The van der Waals surface area contributed by atoms with Crippen molar-refractivity contribution in [3.8, 4) is 11.8 Å². The van der Waals surface area contributed by atoms with E-state index in [0.29, 0.717) is 15.7 Å². The molecule has 102 valence electrons. The predicted molar refractivity (Wildman–Crippen MR) is 77.0 cm³/mol. The number of pyridine rings is 1. The Morgan fingerprint density at radius 3 is 2.71 bits per heavy atom. The van der Waals surface area contributed by atoms with Gasteiger partial charge in [0, 0.05) is 5.69 Å². The van der Waals surface area contributed by atoms with Gasteiger partial charge in [-0.15, -0.1) is 5.10 Å². The predicted octanol–water partition coefficient (Wildman–Crippen LogP) is 2.39. The van der Waals surface area contributed by atoms with E-state index in [1.807, 2.05) is 43.3 Å². The molecule has 21 heavy (non-hydrogen) atoms. The summed E-state index contributed by atoms with van der Waals surface area (Å²) in [6.07, 6.45) is 0. The molecule has 2 aromatic heterocycles. The highest BCUT2D eigenvalue weighted by atomic mass is 32.2. The van der Waals surface area contributed by atoms with E-state index in [0.717, 1.165) is 11.4 Å². The van der Waals surface area contributed by atoms with Crippen molar-refractivity contribution < 1.29 is 0 Å². The van der Waals surface area contributed by atoms with Crippen LogP contribution in [0.1, 0.15) is 11.3 Å². The number of para-hydroxylation sites is 1. The molecule has 0 N–H and O–H groups in total. The van der Waals surface area contributed by atoms with Crippen molar-refractivity contribution in [2.24, 2.45) is 0 Å². The van der Waals surface area contributed by atoms with Gasteiger partial charge in [0.1, 0.15) is 11.1 Å². The Labute approximate surface area is 125 Å². The smallest absolute Gasteiger partial charge is 0.220 e. The normalized spacial score (nSPS) is 10.3. The van der Waals surface area contributed by atoms with Gasteiger partial charge in [-0.05, 0) is 53.4 Å². The lowest BCUT2D eigenvalue weighted by atomic mass is 10.3. The number of tetrazole rings is 1. The standard InChI is InChI=1S/C14H10N6S/c1-10-7-8-11(9-15)13(16-10)21-14-17-18-19-20(14)12-5-3-2-4-6-12/h2-8H,1H3. The van der Waals surface area contributed by atoms with E-state index >= 15 is 0 Å². The minimum atomic E-state index is 0.508. The minimum Gasteiger partial charge on any atom is -0.245 e. The zero-order valence-electron chi connectivity index (χ0n) is 11.1. The molecule has 0 spiro atoms. The molecular formula is C14H10N6S. The van der Waals surface area contributed by atoms with Crippen molar-refractivity contribution >= 4 is 11.8 Å². The van der Waals surface area contributed by atoms with Crippen LogP contribution in [0.25, 0.3) is 5.69 Å². The largest absolute Gasteiger partial charge is 0.245 e. The van der Waals surface area contributed by atoms with Crippen molar-refractivity contribution in [2.45, 2.75) is 17.1 Å². The van der Waals surface area contributed by atoms with E-state index < -0.39 is 0 Å². The summed E-state index contributed by atoms with van der Waals surface area (Å²) >= 11 is 1.27. The maximum atomic E-state index is 9.16. The van der Waals surface area contributed by atoms with Crippen LogP contribution in [0.2, 0.25) is 0 Å². The molecule has 0 saturated carbocycles. The van der Waals surface area contributed by atoms with Crippen LogP contribution in [-0.2, 0) is 0 Å². The molecule has 3 rings (SSSR count). The molecule has 0 radical (unpaired) electrons. The first-order chi connectivity index (χ1) is 10.3. The first-order valence-electron chi connectivity index (χ1n) is 6.17. The van der Waals surface area contributed by atoms with E-state index in [-0.39, 0.29) is 0 Å². The fourth-order valence-electron chi connectivity index (χ4n) is 1.76. The van der Waals surface area contributed by atoms with E-state index in [1.165, 1.54) is 11.8 Å². The number of nitrogens with zero attached hydrogens (tertiary/aromatic N) is 6. The van der Waals surface area contributed by atoms with Gasteiger partial charge in [-0.1, -0.05) is 18.2 Å². The molecule has 1 aromatic carbocycles. The van der Waals surface area contributed by atoms with Crippen LogP contribution in [0, 0.1) is 18.3 Å². The van der Waals surface area contributed by atoms with Gasteiger partial charge in [0.05, 0.1) is 11.3 Å². The van der Waals surface area contributed by atoms with Crippen molar-refractivity contribution in [1.29, 1.82) is 5.26 Å². The van der Waals surface area contributed by atoms with Gasteiger partial charge in [-0.25, -0.2) is 4.98 Å². The molecule has 0 aliphatic rings. The van der Waals surface area contributed by atoms with E-state index in [9.17, 15) is 0 Å². The Hall–Kier alpha value is -2.72. The molecule has 2 heterocycles. The number of aryl methyl sites for hydroxylation is 1. The van der Waals surface area contributed by atoms with Crippen LogP contribution in [0.3, 0.4) is 0 Å². The molecule has 0 bridgehead atoms. The fourth-order valence-corrected chi connectivity index (χ4v) is 2.65. The summed E-state index contributed by atoms with van der Waals surface area (Å²) < 4.78 is 1.62. The maximum absolute atomic E-state index is 9.16. The average Bonchev–Trinajstić information content (AvgIpc) is 2.96. The molecule has 0 aliphatic carbocycles. The lowest BCUT2D eigenvalue weighted by molar-refractivity contribution is 0.755. The summed E-state index contributed by atoms with van der Waals surface area (Å²) in [6.45, 7) is 1.88. The number of hydrogen-bond acceptors (Lipinski definition) is 6. The summed E-state index contributed by atoms with van der Waals surface area (Å²) in [5, 5.41) is 22.0. The monoisotopic (exact) mass is 294 g/mol. The lowest BCUT2D eigenvalue weighted by Crippen LogP contribution is -1.99. The molecule has 0 fully saturated rings. The van der Waals surface area contributed by atoms with E-state index in [1.54, 1.807) is 10.7 Å². The number of rotatable bonds is 3. The maximum Gasteiger partial charge on any atom is 0.220 e. The van der Waals surface area contributed by atoms with Crippen LogP contribution in [0.15, 0.2) is 52.6 Å². The fraction of sp³-hybridized carbons (Fsp3) is 0.0714. The van der Waals surface area contributed by atoms with Crippen LogP contribution in [0.4, 0.5) is 0 Å². The topological polar surface area (TPSA) is 80.3 Å². The summed E-state index contributed by atoms with van der Waals surface area (Å²) in [7, 11) is 0. The summed E-state index contributed by atoms with van der Waals surface area (Å²) in [5.74, 6) is 0. The first-order valence-corrected chi connectivity index (χ1v) is 6.99. The Kier molecular flexibility index (Phi) is 3.62. The van der Waals surface area contributed by atoms with Crippen molar-refractivity contribution in [3.05, 3.63) is 53.7 Å². The highest BCUT2D eigenvalue weighted by Gasteiger charge is 2.13. The molecule has 0 atom stereocenters. The zero-order chi connectivity index (χ0) is 14.7. The van der Waals surface area contributed by atoms with Crippen LogP contribution in [0.5, 0.6) is 0 Å². The van der Waals surface area contributed by atoms with E-state index in [2.05, 4.69) is 26.6 Å². The second-order valence-electron chi connectivity index (χ2n) is 4.23. The van der Waals surface area contributed by atoms with Gasteiger partial charge in [0.15, 0.2) is 0 Å². The molecule has 0 aliphatic heterocycles. The molecule has 0 saturated heterocycles. The molecule has 7 heteroatoms. The van der Waals surface area contributed by atoms with Gasteiger partial charge in [-0.2, -0.15) is 9.94 Å². The average molecular weight is 294 g/mol. The second kappa shape index (κ2) is 5.73. The summed E-state index contributed by atoms with van der Waals surface area (Å²) in [5.41, 5.74) is 2.21. The third kappa shape index (κ3) is 2.75. The van der Waals surface area contributed by atoms with Crippen LogP contribution >= 0.6 is 11.8 Å². The van der Waals surface area contributed by atoms with Crippen molar-refractivity contribution in [2.75, 3.05) is 0 Å². The zero-order valence-corrected chi connectivity index (χ0v) is 11.9. The quantitative estimate of drug-likeness (QED) is 0.738. The third-order valence-electron chi connectivity index (χ3n) is 2.75.